The van der Waals surface area contributed by atoms with E-state index in [2.05, 4.69) is 76.1 Å². The van der Waals surface area contributed by atoms with Gasteiger partial charge in [-0.15, -0.1) is 0 Å². The van der Waals surface area contributed by atoms with Crippen LogP contribution in [0.2, 0.25) is 0 Å². The van der Waals surface area contributed by atoms with Crippen molar-refractivity contribution in [1.82, 2.24) is 14.5 Å². The van der Waals surface area contributed by atoms with Crippen LogP contribution in [0.15, 0.2) is 82.1 Å². The normalized spacial score (nSPS) is 11.3. The lowest BCUT2D eigenvalue weighted by Crippen LogP contribution is -2.15. The van der Waals surface area contributed by atoms with Gasteiger partial charge in [0.25, 0.3) is 0 Å². The van der Waals surface area contributed by atoms with Crippen molar-refractivity contribution in [2.24, 2.45) is 0 Å². The zero-order valence-corrected chi connectivity index (χ0v) is 18.2. The molecule has 0 saturated carbocycles. The number of hydrogen-bond acceptors (Lipinski definition) is 1. The van der Waals surface area contributed by atoms with Crippen LogP contribution < -0.4 is 5.69 Å². The monoisotopic (exact) mass is 457 g/mol. The maximum absolute atomic E-state index is 13.0. The molecule has 0 aliphatic carbocycles. The predicted octanol–water partition coefficient (Wildman–Crippen LogP) is 6.36. The molecule has 5 aromatic rings. The Kier molecular flexibility index (Phi) is 4.48. The Labute approximate surface area is 182 Å². The molecule has 0 spiro atoms. The van der Waals surface area contributed by atoms with E-state index in [1.54, 1.807) is 4.57 Å². The van der Waals surface area contributed by atoms with E-state index in [0.717, 1.165) is 54.8 Å². The summed E-state index contributed by atoms with van der Waals surface area (Å²) in [6.07, 6.45) is 0. The van der Waals surface area contributed by atoms with Crippen LogP contribution in [0.4, 0.5) is 0 Å². The van der Waals surface area contributed by atoms with Gasteiger partial charge < -0.3 is 9.97 Å². The van der Waals surface area contributed by atoms with Gasteiger partial charge in [-0.05, 0) is 66.4 Å². The fraction of sp³-hybridized carbons (Fsp3) is 0.0800. The van der Waals surface area contributed by atoms with Gasteiger partial charge in [0.2, 0.25) is 0 Å². The average Bonchev–Trinajstić information content (AvgIpc) is 3.30. The number of aromatic nitrogens is 3. The van der Waals surface area contributed by atoms with Gasteiger partial charge in [0, 0.05) is 15.7 Å². The lowest BCUT2D eigenvalue weighted by atomic mass is 10.1. The van der Waals surface area contributed by atoms with E-state index in [9.17, 15) is 4.79 Å². The minimum atomic E-state index is -0.156. The second-order valence-electron chi connectivity index (χ2n) is 7.54. The van der Waals surface area contributed by atoms with Crippen molar-refractivity contribution >= 4 is 27.0 Å². The lowest BCUT2D eigenvalue weighted by molar-refractivity contribution is 0.982. The average molecular weight is 458 g/mol. The highest BCUT2D eigenvalue weighted by Gasteiger charge is 2.18. The molecule has 5 rings (SSSR count). The van der Waals surface area contributed by atoms with Crippen molar-refractivity contribution in [2.45, 2.75) is 13.8 Å². The van der Waals surface area contributed by atoms with Gasteiger partial charge in [-0.2, -0.15) is 0 Å². The molecule has 0 amide bonds. The molecule has 0 atom stereocenters. The highest BCUT2D eigenvalue weighted by molar-refractivity contribution is 9.10. The molecule has 2 N–H and O–H groups in total. The van der Waals surface area contributed by atoms with Crippen LogP contribution >= 0.6 is 15.9 Å². The molecule has 2 aromatic heterocycles. The molecular weight excluding hydrogens is 438 g/mol. The van der Waals surface area contributed by atoms with E-state index in [-0.39, 0.29) is 5.69 Å². The number of benzene rings is 3. The number of nitrogens with zero attached hydrogens (tertiary/aromatic N) is 1. The van der Waals surface area contributed by atoms with E-state index >= 15 is 0 Å². The summed E-state index contributed by atoms with van der Waals surface area (Å²) in [5, 5.41) is 0. The third-order valence-corrected chi connectivity index (χ3v) is 6.09. The fourth-order valence-corrected chi connectivity index (χ4v) is 4.10. The summed E-state index contributed by atoms with van der Waals surface area (Å²) in [4.78, 5) is 19.5. The molecule has 5 heteroatoms. The second-order valence-corrected chi connectivity index (χ2v) is 8.45. The number of fused-ring (bicyclic) bond motifs is 1. The summed E-state index contributed by atoms with van der Waals surface area (Å²) in [5.74, 6) is 0.763. The van der Waals surface area contributed by atoms with Crippen LogP contribution in [-0.2, 0) is 0 Å². The molecule has 4 nitrogen and oxygen atoms in total. The first-order valence-electron chi connectivity index (χ1n) is 9.78. The Morgan fingerprint density at radius 2 is 1.50 bits per heavy atom. The van der Waals surface area contributed by atoms with Crippen LogP contribution in [0, 0.1) is 13.8 Å². The molecule has 0 bridgehead atoms. The number of H-pyrrole nitrogens is 2. The van der Waals surface area contributed by atoms with E-state index in [0.29, 0.717) is 0 Å². The van der Waals surface area contributed by atoms with Gasteiger partial charge in [-0.1, -0.05) is 58.4 Å². The molecule has 0 aliphatic heterocycles. The van der Waals surface area contributed by atoms with E-state index in [4.69, 9.17) is 0 Å². The molecule has 3 aromatic carbocycles. The number of aromatic amines is 2. The van der Waals surface area contributed by atoms with Gasteiger partial charge in [0.05, 0.1) is 11.0 Å². The van der Waals surface area contributed by atoms with E-state index < -0.39 is 0 Å². The SMILES string of the molecule is Cc1cc2[nH]c(=O)n(-c3[nH]c(-c4ccc(Br)cc4)cc3-c3ccccc3)c2cc1C. The van der Waals surface area contributed by atoms with Crippen molar-refractivity contribution in [3.63, 3.8) is 0 Å². The topological polar surface area (TPSA) is 53.6 Å². The predicted molar refractivity (Wildman–Crippen MR) is 126 cm³/mol. The first-order valence-corrected chi connectivity index (χ1v) is 10.6. The minimum absolute atomic E-state index is 0.156. The van der Waals surface area contributed by atoms with Crippen molar-refractivity contribution in [1.29, 1.82) is 0 Å². The number of halogens is 1. The number of imidazole rings is 1. The van der Waals surface area contributed by atoms with Crippen LogP contribution in [-0.4, -0.2) is 14.5 Å². The highest BCUT2D eigenvalue weighted by atomic mass is 79.9. The highest BCUT2D eigenvalue weighted by Crippen LogP contribution is 2.33. The Morgan fingerprint density at radius 3 is 2.23 bits per heavy atom. The third-order valence-electron chi connectivity index (χ3n) is 5.56. The van der Waals surface area contributed by atoms with Crippen molar-refractivity contribution in [2.75, 3.05) is 0 Å². The van der Waals surface area contributed by atoms with Gasteiger partial charge in [-0.3, -0.25) is 0 Å². The maximum atomic E-state index is 13.0. The van der Waals surface area contributed by atoms with Crippen molar-refractivity contribution in [3.8, 4) is 28.2 Å². The maximum Gasteiger partial charge on any atom is 0.332 e. The van der Waals surface area contributed by atoms with Crippen LogP contribution in [0.1, 0.15) is 11.1 Å². The van der Waals surface area contributed by atoms with Gasteiger partial charge in [0.15, 0.2) is 0 Å². The van der Waals surface area contributed by atoms with Crippen molar-refractivity contribution < 1.29 is 0 Å². The Balaban J connectivity index is 1.80. The lowest BCUT2D eigenvalue weighted by Gasteiger charge is -2.07. The smallest absolute Gasteiger partial charge is 0.332 e. The van der Waals surface area contributed by atoms with Gasteiger partial charge in [0.1, 0.15) is 5.82 Å². The zero-order chi connectivity index (χ0) is 20.8. The fourth-order valence-electron chi connectivity index (χ4n) is 3.83. The van der Waals surface area contributed by atoms with Gasteiger partial charge >= 0.3 is 5.69 Å². The molecular formula is C25H20BrN3O. The van der Waals surface area contributed by atoms with E-state index in [1.165, 1.54) is 0 Å². The number of nitrogens with one attached hydrogen (secondary N) is 2. The first kappa shape index (κ1) is 18.7. The summed E-state index contributed by atoms with van der Waals surface area (Å²) in [6.45, 7) is 4.12. The first-order chi connectivity index (χ1) is 14.5. The number of aryl methyl sites for hydroxylation is 2. The summed E-state index contributed by atoms with van der Waals surface area (Å²) in [5.41, 5.74) is 7.90. The summed E-state index contributed by atoms with van der Waals surface area (Å²) in [6, 6.07) is 24.5. The Bertz CT molecular complexity index is 1420. The Morgan fingerprint density at radius 1 is 0.800 bits per heavy atom. The molecule has 30 heavy (non-hydrogen) atoms. The second kappa shape index (κ2) is 7.18. The van der Waals surface area contributed by atoms with Crippen LogP contribution in [0.3, 0.4) is 0 Å². The summed E-state index contributed by atoms with van der Waals surface area (Å²) >= 11 is 3.50. The molecule has 2 heterocycles. The molecule has 0 unspecified atom stereocenters. The molecule has 0 fully saturated rings. The molecule has 0 saturated heterocycles. The third kappa shape index (κ3) is 3.12. The standard InChI is InChI=1S/C25H20BrN3O/c1-15-12-22-23(13-16(15)2)29(25(30)28-22)24-20(17-6-4-3-5-7-17)14-21(27-24)18-8-10-19(26)11-9-18/h3-14,27H,1-2H3,(H,28,30). The van der Waals surface area contributed by atoms with Gasteiger partial charge in [-0.25, -0.2) is 9.36 Å². The molecule has 0 aliphatic rings. The zero-order valence-electron chi connectivity index (χ0n) is 16.7. The largest absolute Gasteiger partial charge is 0.340 e. The Hall–Kier alpha value is -3.31. The summed E-state index contributed by atoms with van der Waals surface area (Å²) in [7, 11) is 0. The minimum Gasteiger partial charge on any atom is -0.340 e. The van der Waals surface area contributed by atoms with Crippen molar-refractivity contribution in [3.05, 3.63) is 98.9 Å². The molecule has 148 valence electrons. The number of rotatable bonds is 3. The van der Waals surface area contributed by atoms with Crippen LogP contribution in [0.25, 0.3) is 39.2 Å². The van der Waals surface area contributed by atoms with Crippen LogP contribution in [0.5, 0.6) is 0 Å². The van der Waals surface area contributed by atoms with E-state index in [1.807, 2.05) is 36.4 Å². The quantitative estimate of drug-likeness (QED) is 0.325. The molecule has 0 radical (unpaired) electrons. The number of hydrogen-bond donors (Lipinski definition) is 2. The summed E-state index contributed by atoms with van der Waals surface area (Å²) < 4.78 is 2.77.